The summed E-state index contributed by atoms with van der Waals surface area (Å²) >= 11 is 0. The summed E-state index contributed by atoms with van der Waals surface area (Å²) in [5, 5.41) is 3.41. The standard InChI is InChI=1S/C16H23NO3/c1-4-16(12-6-7-12,15(18)20-5-2)17-13-8-10-14(19-3)11-9-13/h8-12,17H,4-7H2,1-3H3. The fraction of sp³-hybridized carbons (Fsp3) is 0.562. The van der Waals surface area contributed by atoms with Crippen LogP contribution >= 0.6 is 0 Å². The van der Waals surface area contributed by atoms with Crippen molar-refractivity contribution in [2.45, 2.75) is 38.6 Å². The van der Waals surface area contributed by atoms with E-state index in [9.17, 15) is 4.79 Å². The lowest BCUT2D eigenvalue weighted by atomic mass is 9.89. The van der Waals surface area contributed by atoms with Crippen LogP contribution in [0.2, 0.25) is 0 Å². The summed E-state index contributed by atoms with van der Waals surface area (Å²) in [6.07, 6.45) is 2.88. The number of rotatable bonds is 7. The lowest BCUT2D eigenvalue weighted by molar-refractivity contribution is -0.149. The van der Waals surface area contributed by atoms with Crippen LogP contribution in [0.15, 0.2) is 24.3 Å². The zero-order valence-corrected chi connectivity index (χ0v) is 12.4. The van der Waals surface area contributed by atoms with Gasteiger partial charge in [-0.2, -0.15) is 0 Å². The summed E-state index contributed by atoms with van der Waals surface area (Å²) in [6.45, 7) is 4.29. The number of esters is 1. The Balaban J connectivity index is 2.20. The predicted molar refractivity (Wildman–Crippen MR) is 79.0 cm³/mol. The van der Waals surface area contributed by atoms with Crippen LogP contribution in [-0.2, 0) is 9.53 Å². The van der Waals surface area contributed by atoms with Crippen molar-refractivity contribution >= 4 is 11.7 Å². The summed E-state index contributed by atoms with van der Waals surface area (Å²) in [6, 6.07) is 7.65. The molecule has 1 aliphatic carbocycles. The maximum Gasteiger partial charge on any atom is 0.332 e. The molecule has 1 atom stereocenters. The van der Waals surface area contributed by atoms with Gasteiger partial charge >= 0.3 is 5.97 Å². The minimum absolute atomic E-state index is 0.138. The number of nitrogens with one attached hydrogen (secondary N) is 1. The van der Waals surface area contributed by atoms with E-state index in [-0.39, 0.29) is 5.97 Å². The first-order valence-corrected chi connectivity index (χ1v) is 7.25. The number of hydrogen-bond acceptors (Lipinski definition) is 4. The zero-order chi connectivity index (χ0) is 14.6. The largest absolute Gasteiger partial charge is 0.497 e. The van der Waals surface area contributed by atoms with Crippen LogP contribution in [0.3, 0.4) is 0 Å². The van der Waals surface area contributed by atoms with Crippen molar-refractivity contribution < 1.29 is 14.3 Å². The van der Waals surface area contributed by atoms with Gasteiger partial charge < -0.3 is 14.8 Å². The van der Waals surface area contributed by atoms with Gasteiger partial charge in [0.1, 0.15) is 11.3 Å². The topological polar surface area (TPSA) is 47.6 Å². The van der Waals surface area contributed by atoms with Gasteiger partial charge in [0, 0.05) is 5.69 Å². The lowest BCUT2D eigenvalue weighted by Gasteiger charge is -2.32. The van der Waals surface area contributed by atoms with Crippen LogP contribution < -0.4 is 10.1 Å². The highest BCUT2D eigenvalue weighted by molar-refractivity contribution is 5.85. The molecule has 0 bridgehead atoms. The van der Waals surface area contributed by atoms with Gasteiger partial charge in [-0.1, -0.05) is 6.92 Å². The molecular weight excluding hydrogens is 254 g/mol. The molecule has 20 heavy (non-hydrogen) atoms. The van der Waals surface area contributed by atoms with Gasteiger partial charge in [0.25, 0.3) is 0 Å². The molecule has 0 aliphatic heterocycles. The normalized spacial score (nSPS) is 17.1. The van der Waals surface area contributed by atoms with E-state index in [1.165, 1.54) is 0 Å². The fourth-order valence-corrected chi connectivity index (χ4v) is 2.61. The summed E-state index contributed by atoms with van der Waals surface area (Å²) in [5.41, 5.74) is 0.331. The molecule has 1 aromatic rings. The van der Waals surface area contributed by atoms with E-state index < -0.39 is 5.54 Å². The van der Waals surface area contributed by atoms with Crippen molar-refractivity contribution in [1.82, 2.24) is 0 Å². The molecule has 1 aromatic carbocycles. The molecule has 1 saturated carbocycles. The molecule has 1 unspecified atom stereocenters. The van der Waals surface area contributed by atoms with Crippen molar-refractivity contribution in [1.29, 1.82) is 0 Å². The average Bonchev–Trinajstić information content (AvgIpc) is 3.30. The molecule has 0 spiro atoms. The minimum atomic E-state index is -0.593. The first-order chi connectivity index (χ1) is 9.66. The van der Waals surface area contributed by atoms with Gasteiger partial charge in [-0.3, -0.25) is 0 Å². The van der Waals surface area contributed by atoms with Crippen LogP contribution in [0.25, 0.3) is 0 Å². The van der Waals surface area contributed by atoms with E-state index in [0.29, 0.717) is 12.5 Å². The molecule has 1 N–H and O–H groups in total. The molecule has 0 aromatic heterocycles. The summed E-state index contributed by atoms with van der Waals surface area (Å²) < 4.78 is 10.4. The third kappa shape index (κ3) is 2.89. The molecule has 4 heteroatoms. The zero-order valence-electron chi connectivity index (χ0n) is 12.4. The van der Waals surface area contributed by atoms with E-state index in [1.807, 2.05) is 38.1 Å². The second-order valence-electron chi connectivity index (χ2n) is 5.17. The third-order valence-corrected chi connectivity index (χ3v) is 3.93. The Morgan fingerprint density at radius 3 is 2.40 bits per heavy atom. The monoisotopic (exact) mass is 277 g/mol. The van der Waals surface area contributed by atoms with Crippen LogP contribution in [0, 0.1) is 5.92 Å². The molecular formula is C16H23NO3. The highest BCUT2D eigenvalue weighted by Crippen LogP contribution is 2.44. The molecule has 0 saturated heterocycles. The van der Waals surface area contributed by atoms with Gasteiger partial charge in [-0.25, -0.2) is 4.79 Å². The second kappa shape index (κ2) is 6.16. The Morgan fingerprint density at radius 2 is 1.95 bits per heavy atom. The average molecular weight is 277 g/mol. The van der Waals surface area contributed by atoms with Crippen molar-refractivity contribution in [3.05, 3.63) is 24.3 Å². The molecule has 1 aliphatic rings. The van der Waals surface area contributed by atoms with E-state index in [4.69, 9.17) is 9.47 Å². The van der Waals surface area contributed by atoms with E-state index >= 15 is 0 Å². The Morgan fingerprint density at radius 1 is 1.30 bits per heavy atom. The molecule has 1 fully saturated rings. The van der Waals surface area contributed by atoms with E-state index in [1.54, 1.807) is 7.11 Å². The minimum Gasteiger partial charge on any atom is -0.497 e. The Hall–Kier alpha value is -1.71. The Bertz CT molecular complexity index is 453. The quantitative estimate of drug-likeness (QED) is 0.777. The van der Waals surface area contributed by atoms with Gasteiger partial charge in [0.15, 0.2) is 0 Å². The van der Waals surface area contributed by atoms with Gasteiger partial charge in [-0.05, 0) is 56.4 Å². The molecule has 0 heterocycles. The molecule has 110 valence electrons. The third-order valence-electron chi connectivity index (χ3n) is 3.93. The number of hydrogen-bond donors (Lipinski definition) is 1. The molecule has 2 rings (SSSR count). The van der Waals surface area contributed by atoms with Gasteiger partial charge in [-0.15, -0.1) is 0 Å². The summed E-state index contributed by atoms with van der Waals surface area (Å²) in [5.74, 6) is 1.04. The van der Waals surface area contributed by atoms with Crippen molar-refractivity contribution in [3.63, 3.8) is 0 Å². The number of carbonyl (C=O) groups excluding carboxylic acids is 1. The molecule has 0 amide bonds. The number of benzene rings is 1. The summed E-state index contributed by atoms with van der Waals surface area (Å²) in [4.78, 5) is 12.4. The number of ether oxygens (including phenoxy) is 2. The van der Waals surface area contributed by atoms with Crippen molar-refractivity contribution in [2.75, 3.05) is 19.0 Å². The van der Waals surface area contributed by atoms with Crippen LogP contribution in [0.1, 0.15) is 33.1 Å². The first-order valence-electron chi connectivity index (χ1n) is 7.25. The maximum absolute atomic E-state index is 12.4. The smallest absolute Gasteiger partial charge is 0.332 e. The van der Waals surface area contributed by atoms with E-state index in [2.05, 4.69) is 5.32 Å². The Kier molecular flexibility index (Phi) is 4.53. The van der Waals surface area contributed by atoms with Gasteiger partial charge in [0.2, 0.25) is 0 Å². The second-order valence-corrected chi connectivity index (χ2v) is 5.17. The van der Waals surface area contributed by atoms with E-state index in [0.717, 1.165) is 30.7 Å². The summed E-state index contributed by atoms with van der Waals surface area (Å²) in [7, 11) is 1.64. The number of methoxy groups -OCH3 is 1. The van der Waals surface area contributed by atoms with Crippen molar-refractivity contribution in [3.8, 4) is 5.75 Å². The lowest BCUT2D eigenvalue weighted by Crippen LogP contribution is -2.49. The highest BCUT2D eigenvalue weighted by atomic mass is 16.5. The maximum atomic E-state index is 12.4. The van der Waals surface area contributed by atoms with Gasteiger partial charge in [0.05, 0.1) is 13.7 Å². The van der Waals surface area contributed by atoms with Crippen LogP contribution in [0.4, 0.5) is 5.69 Å². The Labute approximate surface area is 120 Å². The first kappa shape index (κ1) is 14.7. The fourth-order valence-electron chi connectivity index (χ4n) is 2.61. The van der Waals surface area contributed by atoms with Crippen molar-refractivity contribution in [2.24, 2.45) is 5.92 Å². The SMILES string of the molecule is CCOC(=O)C(CC)(Nc1ccc(OC)cc1)C1CC1. The number of carbonyl (C=O) groups is 1. The predicted octanol–water partition coefficient (Wildman–Crippen LogP) is 3.23. The number of anilines is 1. The highest BCUT2D eigenvalue weighted by Gasteiger charge is 2.50. The molecule has 0 radical (unpaired) electrons. The molecule has 4 nitrogen and oxygen atoms in total. The van der Waals surface area contributed by atoms with Crippen LogP contribution in [-0.4, -0.2) is 25.2 Å². The van der Waals surface area contributed by atoms with Crippen LogP contribution in [0.5, 0.6) is 5.75 Å².